The van der Waals surface area contributed by atoms with E-state index in [1.54, 1.807) is 30.0 Å². The van der Waals surface area contributed by atoms with Crippen LogP contribution in [-0.4, -0.2) is 77.9 Å². The molecule has 12 heteroatoms. The average Bonchev–Trinajstić information content (AvgIpc) is 3.19. The minimum atomic E-state index is -0.637. The van der Waals surface area contributed by atoms with E-state index < -0.39 is 11.6 Å². The number of amides is 1. The fourth-order valence-electron chi connectivity index (χ4n) is 6.76. The number of benzene rings is 2. The lowest BCUT2D eigenvalue weighted by molar-refractivity contribution is 0.0512. The van der Waals surface area contributed by atoms with Crippen LogP contribution in [0.15, 0.2) is 29.4 Å². The van der Waals surface area contributed by atoms with Gasteiger partial charge in [0, 0.05) is 31.1 Å². The molecule has 1 amide bonds. The van der Waals surface area contributed by atoms with Gasteiger partial charge in [-0.15, -0.1) is 5.92 Å². The van der Waals surface area contributed by atoms with Crippen molar-refractivity contribution in [2.75, 3.05) is 44.8 Å². The van der Waals surface area contributed by atoms with E-state index in [-0.39, 0.29) is 47.7 Å². The second-order valence-electron chi connectivity index (χ2n) is 11.7. The lowest BCUT2D eigenvalue weighted by atomic mass is 9.92. The zero-order valence-corrected chi connectivity index (χ0v) is 28.1. The Bertz CT molecular complexity index is 1930. The third kappa shape index (κ3) is 5.80. The first-order valence-electron chi connectivity index (χ1n) is 15.7. The van der Waals surface area contributed by atoms with Crippen LogP contribution in [0.4, 0.5) is 19.4 Å². The molecule has 4 heterocycles. The molecule has 1 saturated heterocycles. The molecule has 0 unspecified atom stereocenters. The molecule has 0 aliphatic carbocycles. The van der Waals surface area contributed by atoms with Gasteiger partial charge in [0.15, 0.2) is 17.8 Å². The number of aromatic nitrogens is 3. The number of rotatable bonds is 7. The topological polar surface area (TPSA) is 89.9 Å². The highest BCUT2D eigenvalue weighted by molar-refractivity contribution is 7.99. The summed E-state index contributed by atoms with van der Waals surface area (Å²) in [4.78, 5) is 31.6. The van der Waals surface area contributed by atoms with Crippen LogP contribution in [0.1, 0.15) is 45.4 Å². The zero-order valence-electron chi connectivity index (χ0n) is 27.3. The largest absolute Gasteiger partial charge is 0.468 e. The summed E-state index contributed by atoms with van der Waals surface area (Å²) in [7, 11) is 2.91. The van der Waals surface area contributed by atoms with Crippen LogP contribution in [0, 0.1) is 29.4 Å². The molecule has 2 aliphatic heterocycles. The first kappa shape index (κ1) is 32.7. The molecule has 3 atom stereocenters. The Kier molecular flexibility index (Phi) is 9.39. The van der Waals surface area contributed by atoms with Crippen molar-refractivity contribution in [3.05, 3.63) is 47.2 Å². The van der Waals surface area contributed by atoms with Crippen LogP contribution >= 0.6 is 11.8 Å². The van der Waals surface area contributed by atoms with Gasteiger partial charge in [-0.25, -0.2) is 28.5 Å². The van der Waals surface area contributed by atoms with Gasteiger partial charge in [0.25, 0.3) is 0 Å². The Balaban J connectivity index is 1.65. The molecule has 246 valence electrons. The predicted molar refractivity (Wildman–Crippen MR) is 179 cm³/mol. The summed E-state index contributed by atoms with van der Waals surface area (Å²) in [5.41, 5.74) is 1.30. The maximum atomic E-state index is 17.2. The quantitative estimate of drug-likeness (QED) is 0.0917. The van der Waals surface area contributed by atoms with Crippen LogP contribution in [0.25, 0.3) is 32.9 Å². The highest BCUT2D eigenvalue weighted by atomic mass is 32.2. The molecule has 0 bridgehead atoms. The van der Waals surface area contributed by atoms with Crippen molar-refractivity contribution >= 4 is 45.3 Å². The Morgan fingerprint density at radius 1 is 1.11 bits per heavy atom. The van der Waals surface area contributed by atoms with Crippen molar-refractivity contribution in [3.8, 4) is 28.8 Å². The van der Waals surface area contributed by atoms with Gasteiger partial charge in [0.05, 0.1) is 35.8 Å². The van der Waals surface area contributed by atoms with E-state index in [1.807, 2.05) is 13.8 Å². The van der Waals surface area contributed by atoms with Crippen LogP contribution in [0.3, 0.4) is 0 Å². The van der Waals surface area contributed by atoms with Crippen molar-refractivity contribution in [2.24, 2.45) is 5.92 Å². The smallest absolute Gasteiger partial charge is 0.409 e. The van der Waals surface area contributed by atoms with E-state index in [0.717, 1.165) is 0 Å². The maximum absolute atomic E-state index is 17.2. The van der Waals surface area contributed by atoms with Crippen molar-refractivity contribution in [1.82, 2.24) is 19.9 Å². The van der Waals surface area contributed by atoms with Gasteiger partial charge in [-0.3, -0.25) is 0 Å². The Morgan fingerprint density at radius 3 is 2.62 bits per heavy atom. The number of nitrogens with zero attached hydrogens (tertiary/aromatic N) is 5. The maximum Gasteiger partial charge on any atom is 0.409 e. The highest BCUT2D eigenvalue weighted by Gasteiger charge is 2.42. The summed E-state index contributed by atoms with van der Waals surface area (Å²) in [6.45, 7) is 8.67. The molecule has 4 aromatic rings. The average molecular weight is 662 g/mol. The number of hydrogen-bond donors (Lipinski definition) is 0. The summed E-state index contributed by atoms with van der Waals surface area (Å²) >= 11 is 1.43. The normalized spacial score (nSPS) is 18.9. The van der Waals surface area contributed by atoms with Crippen molar-refractivity contribution in [2.45, 2.75) is 57.8 Å². The van der Waals surface area contributed by atoms with Crippen LogP contribution in [-0.2, 0) is 15.9 Å². The number of thioether (sulfide) groups is 1. The molecule has 0 radical (unpaired) electrons. The number of ether oxygens (including phenoxy) is 3. The first-order valence-corrected chi connectivity index (χ1v) is 16.7. The minimum Gasteiger partial charge on any atom is -0.468 e. The van der Waals surface area contributed by atoms with E-state index in [0.29, 0.717) is 75.8 Å². The molecule has 0 N–H and O–H groups in total. The molecule has 1 fully saturated rings. The van der Waals surface area contributed by atoms with E-state index in [4.69, 9.17) is 29.2 Å². The lowest BCUT2D eigenvalue weighted by Gasteiger charge is -2.47. The van der Waals surface area contributed by atoms with Crippen LogP contribution in [0.5, 0.6) is 5.75 Å². The monoisotopic (exact) mass is 661 g/mol. The molecular weight excluding hydrogens is 624 g/mol. The standard InChI is InChI=1S/C35H37F2N5O4S/c1-7-10-23-25(36)12-11-20-14-22(46-18-44-5)15-24(28(20)23)31-30(37)32-29-26(38-31)13-19(4)27-17-41(35(43)45-6)21(8-2)16-42(27)33(29)40-34(39-32)47-9-3/h11-12,14-15,19,21,27H,8-9,13,16-18H2,1-6H3/t19-,21+,27-/m0/s1. The number of piperazine rings is 1. The van der Waals surface area contributed by atoms with Gasteiger partial charge in [0.2, 0.25) is 0 Å². The number of carbonyl (C=O) groups is 1. The summed E-state index contributed by atoms with van der Waals surface area (Å²) < 4.78 is 48.6. The number of carbonyl (C=O) groups excluding carboxylic acids is 1. The minimum absolute atomic E-state index is 0.00229. The molecule has 47 heavy (non-hydrogen) atoms. The van der Waals surface area contributed by atoms with Crippen molar-refractivity contribution in [3.63, 3.8) is 0 Å². The summed E-state index contributed by atoms with van der Waals surface area (Å²) in [5, 5.41) is 2.04. The molecule has 2 aromatic heterocycles. The van der Waals surface area contributed by atoms with Gasteiger partial charge in [-0.1, -0.05) is 44.5 Å². The van der Waals surface area contributed by atoms with Crippen LogP contribution in [0.2, 0.25) is 0 Å². The van der Waals surface area contributed by atoms with E-state index in [2.05, 4.69) is 23.7 Å². The fourth-order valence-corrected chi connectivity index (χ4v) is 7.33. The van der Waals surface area contributed by atoms with E-state index >= 15 is 8.78 Å². The predicted octanol–water partition coefficient (Wildman–Crippen LogP) is 6.82. The van der Waals surface area contributed by atoms with E-state index in [1.165, 1.54) is 32.0 Å². The number of hydrogen-bond acceptors (Lipinski definition) is 9. The number of anilines is 1. The third-order valence-electron chi connectivity index (χ3n) is 8.94. The van der Waals surface area contributed by atoms with Crippen molar-refractivity contribution < 1.29 is 27.8 Å². The highest BCUT2D eigenvalue weighted by Crippen LogP contribution is 2.43. The van der Waals surface area contributed by atoms with Crippen molar-refractivity contribution in [1.29, 1.82) is 0 Å². The second-order valence-corrected chi connectivity index (χ2v) is 12.9. The third-order valence-corrected chi connectivity index (χ3v) is 9.67. The van der Waals surface area contributed by atoms with Gasteiger partial charge < -0.3 is 24.0 Å². The Labute approximate surface area is 277 Å². The fraction of sp³-hybridized carbons (Fsp3) is 0.429. The molecule has 2 aliphatic rings. The number of halogens is 2. The summed E-state index contributed by atoms with van der Waals surface area (Å²) in [6, 6.07) is 6.12. The number of fused-ring (bicyclic) bond motifs is 3. The molecule has 2 aromatic carbocycles. The number of methoxy groups -OCH3 is 2. The van der Waals surface area contributed by atoms with Crippen LogP contribution < -0.4 is 9.64 Å². The molecule has 0 saturated carbocycles. The van der Waals surface area contributed by atoms with Gasteiger partial charge in [-0.05, 0) is 55.0 Å². The molecule has 6 rings (SSSR count). The number of pyridine rings is 1. The summed E-state index contributed by atoms with van der Waals surface area (Å²) in [5.74, 6) is 6.23. The SMILES string of the molecule is CC#Cc1c(F)ccc2cc(OCOC)cc(-c3nc4c5c(nc(SCC)nc5c3F)N3C[C@@H](CC)N(C(=O)OC)C[C@H]3[C@@H](C)C4)c12. The molecule has 9 nitrogen and oxygen atoms in total. The molecular formula is C35H37F2N5O4S. The summed E-state index contributed by atoms with van der Waals surface area (Å²) in [6.07, 6.45) is 0.818. The van der Waals surface area contributed by atoms with Gasteiger partial charge in [-0.2, -0.15) is 0 Å². The first-order chi connectivity index (χ1) is 22.7. The lowest BCUT2D eigenvalue weighted by Crippen LogP contribution is -2.61. The Morgan fingerprint density at radius 2 is 1.91 bits per heavy atom. The van der Waals surface area contributed by atoms with Gasteiger partial charge >= 0.3 is 6.09 Å². The van der Waals surface area contributed by atoms with Gasteiger partial charge in [0.1, 0.15) is 28.6 Å². The zero-order chi connectivity index (χ0) is 33.4. The van der Waals surface area contributed by atoms with E-state index in [9.17, 15) is 4.79 Å². The molecule has 0 spiro atoms. The Hall–Kier alpha value is -4.21. The second kappa shape index (κ2) is 13.5.